The summed E-state index contributed by atoms with van der Waals surface area (Å²) in [6, 6.07) is 14.8. The third-order valence-electron chi connectivity index (χ3n) is 3.43. The van der Waals surface area contributed by atoms with Crippen LogP contribution in [0.25, 0.3) is 6.08 Å². The van der Waals surface area contributed by atoms with Gasteiger partial charge in [0, 0.05) is 17.8 Å². The van der Waals surface area contributed by atoms with Crippen molar-refractivity contribution in [2.24, 2.45) is 0 Å². The first kappa shape index (κ1) is 16.5. The molecule has 0 heterocycles. The minimum absolute atomic E-state index is 0.0223. The zero-order valence-electron chi connectivity index (χ0n) is 13.1. The molecule has 2 rings (SSSR count). The standard InChI is InChI=1S/C19H20N2O2/c1-3-7-17(20-18-10-6-8-15(2)14-18)13-12-16-9-4-5-11-19(16)21(22)23/h3-6,8-14,17,20H,1,7H2,2H3/b13-12+. The lowest BCUT2D eigenvalue weighted by atomic mass is 10.1. The van der Waals surface area contributed by atoms with Crippen molar-refractivity contribution in [3.63, 3.8) is 0 Å². The van der Waals surface area contributed by atoms with Crippen LogP contribution in [0.1, 0.15) is 17.5 Å². The predicted molar refractivity (Wildman–Crippen MR) is 95.5 cm³/mol. The minimum Gasteiger partial charge on any atom is -0.379 e. The van der Waals surface area contributed by atoms with Gasteiger partial charge in [-0.25, -0.2) is 0 Å². The molecular weight excluding hydrogens is 288 g/mol. The van der Waals surface area contributed by atoms with Crippen LogP contribution in [0, 0.1) is 17.0 Å². The van der Waals surface area contributed by atoms with Crippen LogP contribution in [0.15, 0.2) is 67.3 Å². The first-order valence-corrected chi connectivity index (χ1v) is 7.46. The van der Waals surface area contributed by atoms with E-state index in [0.717, 1.165) is 12.1 Å². The molecule has 1 N–H and O–H groups in total. The van der Waals surface area contributed by atoms with Gasteiger partial charge in [-0.15, -0.1) is 6.58 Å². The van der Waals surface area contributed by atoms with Gasteiger partial charge in [0.15, 0.2) is 0 Å². The normalized spacial score (nSPS) is 12.0. The van der Waals surface area contributed by atoms with Crippen LogP contribution in [0.3, 0.4) is 0 Å². The van der Waals surface area contributed by atoms with E-state index in [4.69, 9.17) is 0 Å². The van der Waals surface area contributed by atoms with E-state index in [1.165, 1.54) is 11.6 Å². The molecule has 1 unspecified atom stereocenters. The zero-order valence-corrected chi connectivity index (χ0v) is 13.1. The van der Waals surface area contributed by atoms with Crippen molar-refractivity contribution in [3.05, 3.63) is 88.5 Å². The van der Waals surface area contributed by atoms with E-state index >= 15 is 0 Å². The second-order valence-corrected chi connectivity index (χ2v) is 5.32. The number of aryl methyl sites for hydroxylation is 1. The van der Waals surface area contributed by atoms with E-state index in [0.29, 0.717) is 5.56 Å². The Bertz CT molecular complexity index is 723. The number of anilines is 1. The highest BCUT2D eigenvalue weighted by Gasteiger charge is 2.10. The molecule has 0 fully saturated rings. The summed E-state index contributed by atoms with van der Waals surface area (Å²) in [5, 5.41) is 14.5. The van der Waals surface area contributed by atoms with Crippen LogP contribution >= 0.6 is 0 Å². The van der Waals surface area contributed by atoms with E-state index in [1.54, 1.807) is 24.3 Å². The molecule has 0 aliphatic heterocycles. The third-order valence-corrected chi connectivity index (χ3v) is 3.43. The highest BCUT2D eigenvalue weighted by Crippen LogP contribution is 2.20. The second-order valence-electron chi connectivity index (χ2n) is 5.32. The monoisotopic (exact) mass is 308 g/mol. The molecule has 0 aromatic heterocycles. The topological polar surface area (TPSA) is 55.2 Å². The third kappa shape index (κ3) is 4.81. The number of hydrogen-bond donors (Lipinski definition) is 1. The molecular formula is C19H20N2O2. The number of rotatable bonds is 7. The summed E-state index contributed by atoms with van der Waals surface area (Å²) < 4.78 is 0. The molecule has 0 aliphatic carbocycles. The maximum atomic E-state index is 11.1. The van der Waals surface area contributed by atoms with Crippen LogP contribution in [-0.4, -0.2) is 11.0 Å². The molecule has 23 heavy (non-hydrogen) atoms. The van der Waals surface area contributed by atoms with Crippen LogP contribution < -0.4 is 5.32 Å². The van der Waals surface area contributed by atoms with Crippen molar-refractivity contribution in [2.45, 2.75) is 19.4 Å². The number of benzene rings is 2. The molecule has 0 saturated heterocycles. The molecule has 0 amide bonds. The molecule has 0 aliphatic rings. The second kappa shape index (κ2) is 7.94. The van der Waals surface area contributed by atoms with Gasteiger partial charge < -0.3 is 5.32 Å². The Morgan fingerprint density at radius 2 is 2.04 bits per heavy atom. The predicted octanol–water partition coefficient (Wildman–Crippen LogP) is 4.97. The summed E-state index contributed by atoms with van der Waals surface area (Å²) in [5.74, 6) is 0. The molecule has 1 atom stereocenters. The summed E-state index contributed by atoms with van der Waals surface area (Å²) in [6.07, 6.45) is 6.28. The fourth-order valence-corrected chi connectivity index (χ4v) is 2.33. The smallest absolute Gasteiger partial charge is 0.276 e. The van der Waals surface area contributed by atoms with Crippen molar-refractivity contribution in [3.8, 4) is 0 Å². The molecule has 4 nitrogen and oxygen atoms in total. The van der Waals surface area contributed by atoms with E-state index < -0.39 is 0 Å². The molecule has 118 valence electrons. The Morgan fingerprint density at radius 3 is 2.74 bits per heavy atom. The van der Waals surface area contributed by atoms with Crippen molar-refractivity contribution in [1.82, 2.24) is 0 Å². The fourth-order valence-electron chi connectivity index (χ4n) is 2.33. The lowest BCUT2D eigenvalue weighted by molar-refractivity contribution is -0.385. The summed E-state index contributed by atoms with van der Waals surface area (Å²) >= 11 is 0. The largest absolute Gasteiger partial charge is 0.379 e. The Morgan fingerprint density at radius 1 is 1.26 bits per heavy atom. The number of nitro groups is 1. The van der Waals surface area contributed by atoms with Crippen LogP contribution in [0.5, 0.6) is 0 Å². The van der Waals surface area contributed by atoms with Gasteiger partial charge in [-0.05, 0) is 37.1 Å². The van der Waals surface area contributed by atoms with E-state index in [2.05, 4.69) is 18.0 Å². The highest BCUT2D eigenvalue weighted by molar-refractivity contribution is 5.61. The average Bonchev–Trinajstić information content (AvgIpc) is 2.53. The molecule has 4 heteroatoms. The summed E-state index contributed by atoms with van der Waals surface area (Å²) in [4.78, 5) is 10.7. The van der Waals surface area contributed by atoms with E-state index in [9.17, 15) is 10.1 Å². The van der Waals surface area contributed by atoms with Gasteiger partial charge in [-0.1, -0.05) is 42.5 Å². The van der Waals surface area contributed by atoms with Crippen LogP contribution in [0.4, 0.5) is 11.4 Å². The number of nitro benzene ring substituents is 1. The Hall–Kier alpha value is -2.88. The van der Waals surface area contributed by atoms with Gasteiger partial charge >= 0.3 is 0 Å². The number of hydrogen-bond acceptors (Lipinski definition) is 3. The van der Waals surface area contributed by atoms with Gasteiger partial charge in [0.2, 0.25) is 0 Å². The molecule has 0 bridgehead atoms. The fraction of sp³-hybridized carbons (Fsp3) is 0.158. The van der Waals surface area contributed by atoms with E-state index in [-0.39, 0.29) is 16.7 Å². The quantitative estimate of drug-likeness (QED) is 0.446. The molecule has 0 saturated carbocycles. The zero-order chi connectivity index (χ0) is 16.7. The van der Waals surface area contributed by atoms with Gasteiger partial charge in [0.1, 0.15) is 0 Å². The van der Waals surface area contributed by atoms with Gasteiger partial charge in [-0.2, -0.15) is 0 Å². The average molecular weight is 308 g/mol. The molecule has 2 aromatic carbocycles. The van der Waals surface area contributed by atoms with Gasteiger partial charge in [0.25, 0.3) is 5.69 Å². The molecule has 0 radical (unpaired) electrons. The van der Waals surface area contributed by atoms with Crippen molar-refractivity contribution in [1.29, 1.82) is 0 Å². The Kier molecular flexibility index (Phi) is 5.69. The maximum Gasteiger partial charge on any atom is 0.276 e. The first-order valence-electron chi connectivity index (χ1n) is 7.46. The van der Waals surface area contributed by atoms with Crippen molar-refractivity contribution >= 4 is 17.5 Å². The highest BCUT2D eigenvalue weighted by atomic mass is 16.6. The SMILES string of the molecule is C=CCC(/C=C/c1ccccc1[N+](=O)[O-])Nc1cccc(C)c1. The lowest BCUT2D eigenvalue weighted by Gasteiger charge is -2.15. The van der Waals surface area contributed by atoms with E-state index in [1.807, 2.05) is 37.3 Å². The Balaban J connectivity index is 2.19. The number of para-hydroxylation sites is 1. The lowest BCUT2D eigenvalue weighted by Crippen LogP contribution is -2.15. The van der Waals surface area contributed by atoms with Gasteiger partial charge in [-0.3, -0.25) is 10.1 Å². The number of nitrogens with one attached hydrogen (secondary N) is 1. The van der Waals surface area contributed by atoms with Crippen LogP contribution in [-0.2, 0) is 0 Å². The van der Waals surface area contributed by atoms with Crippen molar-refractivity contribution < 1.29 is 4.92 Å². The summed E-state index contributed by atoms with van der Waals surface area (Å²) in [6.45, 7) is 5.82. The molecule has 0 spiro atoms. The van der Waals surface area contributed by atoms with Gasteiger partial charge in [0.05, 0.1) is 10.5 Å². The summed E-state index contributed by atoms with van der Waals surface area (Å²) in [5.41, 5.74) is 2.90. The molecule has 2 aromatic rings. The Labute approximate surface area is 136 Å². The first-order chi connectivity index (χ1) is 11.1. The maximum absolute atomic E-state index is 11.1. The number of nitrogens with zero attached hydrogens (tertiary/aromatic N) is 1. The van der Waals surface area contributed by atoms with Crippen molar-refractivity contribution in [2.75, 3.05) is 5.32 Å². The van der Waals surface area contributed by atoms with Crippen LogP contribution in [0.2, 0.25) is 0 Å². The summed E-state index contributed by atoms with van der Waals surface area (Å²) in [7, 11) is 0. The minimum atomic E-state index is -0.365.